The lowest BCUT2D eigenvalue weighted by Gasteiger charge is -2.52. The van der Waals surface area contributed by atoms with Crippen LogP contribution in [0.2, 0.25) is 0 Å². The zero-order valence-corrected chi connectivity index (χ0v) is 12.0. The van der Waals surface area contributed by atoms with Gasteiger partial charge in [-0.3, -0.25) is 9.59 Å². The van der Waals surface area contributed by atoms with Crippen molar-refractivity contribution in [2.45, 2.75) is 36.8 Å². The smallest absolute Gasteiger partial charge is 0.444 e. The second-order valence-electron chi connectivity index (χ2n) is 6.04. The Morgan fingerprint density at radius 3 is 1.36 bits per heavy atom. The number of rotatable bonds is 3. The third kappa shape index (κ3) is 2.83. The van der Waals surface area contributed by atoms with E-state index in [4.69, 9.17) is 10.2 Å². The van der Waals surface area contributed by atoms with E-state index < -0.39 is 59.5 Å². The number of aliphatic carboxylic acids is 2. The maximum absolute atomic E-state index is 13.2. The summed E-state index contributed by atoms with van der Waals surface area (Å²) in [5, 5.41) is 37.5. The van der Waals surface area contributed by atoms with Gasteiger partial charge in [0.1, 0.15) is 11.8 Å². The van der Waals surface area contributed by atoms with Crippen molar-refractivity contribution in [3.8, 4) is 0 Å². The number of ether oxygens (including phenoxy) is 1. The monoisotopic (exact) mass is 382 g/mol. The van der Waals surface area contributed by atoms with Crippen molar-refractivity contribution < 1.29 is 61.1 Å². The van der Waals surface area contributed by atoms with E-state index >= 15 is 0 Å². The zero-order chi connectivity index (χ0) is 19.6. The van der Waals surface area contributed by atoms with Crippen LogP contribution in [-0.2, 0) is 14.3 Å². The average Bonchev–Trinajstić information content (AvgIpc) is 3.17. The number of hydrogen-bond donors (Lipinski definition) is 4. The molecule has 4 unspecified atom stereocenters. The molecule has 0 aromatic rings. The SMILES string of the molecule is O=C(O)C1C(C2CC2)C(C(=O)O)C(O)(C(F)(F)F)OC1(O)C(F)(F)F. The summed E-state index contributed by atoms with van der Waals surface area (Å²) < 4.78 is 82.6. The molecule has 1 aliphatic heterocycles. The van der Waals surface area contributed by atoms with E-state index in [0.29, 0.717) is 0 Å². The Kier molecular flexibility index (Phi) is 4.30. The number of carboxylic acid groups (broad SMARTS) is 2. The minimum Gasteiger partial charge on any atom is -0.481 e. The van der Waals surface area contributed by atoms with Crippen LogP contribution in [0.5, 0.6) is 0 Å². The molecule has 1 saturated carbocycles. The van der Waals surface area contributed by atoms with Crippen molar-refractivity contribution in [3.05, 3.63) is 0 Å². The molecule has 25 heavy (non-hydrogen) atoms. The number of carbonyl (C=O) groups is 2. The summed E-state index contributed by atoms with van der Waals surface area (Å²) in [4.78, 5) is 22.6. The van der Waals surface area contributed by atoms with Crippen LogP contribution in [-0.4, -0.2) is 56.3 Å². The van der Waals surface area contributed by atoms with E-state index in [1.54, 1.807) is 0 Å². The molecule has 2 fully saturated rings. The molecule has 4 atom stereocenters. The van der Waals surface area contributed by atoms with Crippen molar-refractivity contribution in [1.29, 1.82) is 0 Å². The number of carboxylic acids is 2. The number of hydrogen-bond acceptors (Lipinski definition) is 5. The molecule has 13 heteroatoms. The minimum absolute atomic E-state index is 0.0555. The molecule has 1 heterocycles. The van der Waals surface area contributed by atoms with Crippen molar-refractivity contribution in [2.24, 2.45) is 23.7 Å². The fraction of sp³-hybridized carbons (Fsp3) is 0.833. The summed E-state index contributed by atoms with van der Waals surface area (Å²) in [7, 11) is 0. The molecule has 7 nitrogen and oxygen atoms in total. The van der Waals surface area contributed by atoms with Gasteiger partial charge in [0.05, 0.1) is 0 Å². The molecule has 0 aromatic heterocycles. The highest BCUT2D eigenvalue weighted by molar-refractivity contribution is 5.77. The van der Waals surface area contributed by atoms with Crippen LogP contribution in [0, 0.1) is 23.7 Å². The zero-order valence-electron chi connectivity index (χ0n) is 12.0. The molecule has 0 bridgehead atoms. The first-order valence-electron chi connectivity index (χ1n) is 6.82. The molecule has 0 radical (unpaired) electrons. The highest BCUT2D eigenvalue weighted by atomic mass is 19.4. The van der Waals surface area contributed by atoms with E-state index in [0.717, 1.165) is 0 Å². The molecule has 1 aliphatic carbocycles. The summed E-state index contributed by atoms with van der Waals surface area (Å²) in [5.41, 5.74) is 0. The van der Waals surface area contributed by atoms with Crippen LogP contribution < -0.4 is 0 Å². The quantitative estimate of drug-likeness (QED) is 0.536. The number of alkyl halides is 6. The first-order valence-corrected chi connectivity index (χ1v) is 6.82. The van der Waals surface area contributed by atoms with Crippen LogP contribution in [0.1, 0.15) is 12.8 Å². The Labute approximate surface area is 134 Å². The molecule has 0 amide bonds. The summed E-state index contributed by atoms with van der Waals surface area (Å²) >= 11 is 0. The molecule has 1 saturated heterocycles. The lowest BCUT2D eigenvalue weighted by atomic mass is 9.67. The lowest BCUT2D eigenvalue weighted by molar-refractivity contribution is -0.512. The normalized spacial score (nSPS) is 39.9. The van der Waals surface area contributed by atoms with Gasteiger partial charge in [0.15, 0.2) is 0 Å². The van der Waals surface area contributed by atoms with Crippen LogP contribution in [0.25, 0.3) is 0 Å². The fourth-order valence-corrected chi connectivity index (χ4v) is 3.24. The van der Waals surface area contributed by atoms with E-state index in [2.05, 4.69) is 4.74 Å². The molecule has 2 rings (SSSR count). The van der Waals surface area contributed by atoms with Gasteiger partial charge < -0.3 is 25.2 Å². The summed E-state index contributed by atoms with van der Waals surface area (Å²) in [6.07, 6.45) is -12.2. The van der Waals surface area contributed by atoms with Gasteiger partial charge >= 0.3 is 24.3 Å². The van der Waals surface area contributed by atoms with Gasteiger partial charge in [-0.2, -0.15) is 26.3 Å². The van der Waals surface area contributed by atoms with Crippen LogP contribution in [0.15, 0.2) is 0 Å². The second-order valence-corrected chi connectivity index (χ2v) is 6.04. The van der Waals surface area contributed by atoms with E-state index in [-0.39, 0.29) is 12.8 Å². The van der Waals surface area contributed by atoms with Crippen LogP contribution >= 0.6 is 0 Å². The van der Waals surface area contributed by atoms with Crippen molar-refractivity contribution in [3.63, 3.8) is 0 Å². The van der Waals surface area contributed by atoms with E-state index in [1.165, 1.54) is 0 Å². The number of aliphatic hydroxyl groups is 2. The third-order valence-corrected chi connectivity index (χ3v) is 4.43. The van der Waals surface area contributed by atoms with Gasteiger partial charge in [-0.15, -0.1) is 0 Å². The van der Waals surface area contributed by atoms with Crippen molar-refractivity contribution in [2.75, 3.05) is 0 Å². The number of halogens is 6. The van der Waals surface area contributed by atoms with Gasteiger partial charge in [0.25, 0.3) is 11.6 Å². The highest BCUT2D eigenvalue weighted by Crippen LogP contribution is 2.60. The van der Waals surface area contributed by atoms with E-state index in [9.17, 15) is 46.1 Å². The molecule has 4 N–H and O–H groups in total. The van der Waals surface area contributed by atoms with E-state index in [1.807, 2.05) is 0 Å². The van der Waals surface area contributed by atoms with Gasteiger partial charge in [0.2, 0.25) is 0 Å². The lowest BCUT2D eigenvalue weighted by Crippen LogP contribution is -2.74. The second kappa shape index (κ2) is 5.45. The molecular weight excluding hydrogens is 370 g/mol. The third-order valence-electron chi connectivity index (χ3n) is 4.43. The van der Waals surface area contributed by atoms with Crippen LogP contribution in [0.4, 0.5) is 26.3 Å². The Balaban J connectivity index is 2.75. The maximum Gasteiger partial charge on any atom is 0.444 e. The predicted octanol–water partition coefficient (Wildman–Crippen LogP) is 0.946. The van der Waals surface area contributed by atoms with Gasteiger partial charge in [-0.1, -0.05) is 0 Å². The average molecular weight is 382 g/mol. The highest BCUT2D eigenvalue weighted by Gasteiger charge is 2.80. The summed E-state index contributed by atoms with van der Waals surface area (Å²) in [6.45, 7) is 0. The van der Waals surface area contributed by atoms with Gasteiger partial charge in [-0.25, -0.2) is 0 Å². The first-order chi connectivity index (χ1) is 11.1. The molecule has 0 spiro atoms. The standard InChI is InChI=1S/C12H12F6O7/c13-11(14,15)9(23)5(7(19)20)4(3-1-2-3)6(8(21)22)10(24,25-9)12(16,17)18/h3-6,23-24H,1-2H2,(H,19,20)(H,21,22). The van der Waals surface area contributed by atoms with Crippen molar-refractivity contribution in [1.82, 2.24) is 0 Å². The Hall–Kier alpha value is -1.60. The Bertz CT molecular complexity index is 541. The molecule has 144 valence electrons. The van der Waals surface area contributed by atoms with Gasteiger partial charge in [-0.05, 0) is 24.7 Å². The fourth-order valence-electron chi connectivity index (χ4n) is 3.24. The Morgan fingerprint density at radius 1 is 0.840 bits per heavy atom. The predicted molar refractivity (Wildman–Crippen MR) is 61.6 cm³/mol. The minimum atomic E-state index is -6.05. The summed E-state index contributed by atoms with van der Waals surface area (Å²) in [6, 6.07) is 0. The summed E-state index contributed by atoms with van der Waals surface area (Å²) in [5.74, 6) is -24.3. The molecular formula is C12H12F6O7. The van der Waals surface area contributed by atoms with Gasteiger partial charge in [0, 0.05) is 0 Å². The van der Waals surface area contributed by atoms with Crippen LogP contribution in [0.3, 0.4) is 0 Å². The van der Waals surface area contributed by atoms with Crippen molar-refractivity contribution >= 4 is 11.9 Å². The molecule has 2 aliphatic rings. The molecule has 0 aromatic carbocycles. The Morgan fingerprint density at radius 2 is 1.16 bits per heavy atom. The maximum atomic E-state index is 13.2. The largest absolute Gasteiger partial charge is 0.481 e. The first kappa shape index (κ1) is 19.7. The topological polar surface area (TPSA) is 124 Å².